The van der Waals surface area contributed by atoms with E-state index in [0.717, 1.165) is 16.6 Å². The lowest BCUT2D eigenvalue weighted by Crippen LogP contribution is -2.41. The van der Waals surface area contributed by atoms with Gasteiger partial charge in [0.05, 0.1) is 6.04 Å². The van der Waals surface area contributed by atoms with Gasteiger partial charge in [0, 0.05) is 17.6 Å². The zero-order chi connectivity index (χ0) is 13.1. The van der Waals surface area contributed by atoms with Gasteiger partial charge in [0.25, 0.3) is 0 Å². The molecule has 0 aromatic carbocycles. The van der Waals surface area contributed by atoms with Gasteiger partial charge in [-0.25, -0.2) is 4.98 Å². The molecule has 17 heavy (non-hydrogen) atoms. The lowest BCUT2D eigenvalue weighted by atomic mass is 10.1. The average Bonchev–Trinajstić information content (AvgIpc) is 2.24. The Balaban J connectivity index is 2.79. The Kier molecular flexibility index (Phi) is 5.44. The van der Waals surface area contributed by atoms with Gasteiger partial charge in [-0.3, -0.25) is 0 Å². The Morgan fingerprint density at radius 1 is 1.53 bits per heavy atom. The van der Waals surface area contributed by atoms with Gasteiger partial charge in [-0.1, -0.05) is 6.92 Å². The molecule has 0 bridgehead atoms. The van der Waals surface area contributed by atoms with Gasteiger partial charge in [-0.05, 0) is 60.8 Å². The van der Waals surface area contributed by atoms with Crippen LogP contribution in [0.4, 0.5) is 0 Å². The van der Waals surface area contributed by atoms with Crippen LogP contribution in [0.5, 0.6) is 0 Å². The number of halogens is 1. The third-order valence-corrected chi connectivity index (χ3v) is 4.41. The molecule has 1 N–H and O–H groups in total. The van der Waals surface area contributed by atoms with Crippen LogP contribution in [0.2, 0.25) is 0 Å². The number of hydrogen-bond donors (Lipinski definition) is 1. The SMILES string of the molecule is CC[C@H](N[S+]([O-])C(C)(C)C)c1ccnc(Br)c1. The summed E-state index contributed by atoms with van der Waals surface area (Å²) >= 11 is 2.29. The van der Waals surface area contributed by atoms with Crippen molar-refractivity contribution in [2.45, 2.75) is 44.9 Å². The molecule has 0 radical (unpaired) electrons. The second-order valence-electron chi connectivity index (χ2n) is 4.87. The van der Waals surface area contributed by atoms with Gasteiger partial charge >= 0.3 is 0 Å². The third kappa shape index (κ3) is 4.58. The van der Waals surface area contributed by atoms with Gasteiger partial charge < -0.3 is 4.55 Å². The van der Waals surface area contributed by atoms with Gasteiger partial charge in [0.15, 0.2) is 0 Å². The van der Waals surface area contributed by atoms with Crippen molar-refractivity contribution in [2.24, 2.45) is 0 Å². The first-order valence-electron chi connectivity index (χ1n) is 5.64. The summed E-state index contributed by atoms with van der Waals surface area (Å²) in [4.78, 5) is 4.10. The number of pyridine rings is 1. The van der Waals surface area contributed by atoms with Crippen molar-refractivity contribution in [3.05, 3.63) is 28.5 Å². The molecule has 1 unspecified atom stereocenters. The number of aromatic nitrogens is 1. The number of nitrogens with one attached hydrogen (secondary N) is 1. The second kappa shape index (κ2) is 6.18. The maximum Gasteiger partial charge on any atom is 0.136 e. The van der Waals surface area contributed by atoms with Crippen LogP contribution in [-0.4, -0.2) is 14.3 Å². The number of rotatable bonds is 4. The van der Waals surface area contributed by atoms with Crippen molar-refractivity contribution < 1.29 is 4.55 Å². The molecule has 1 aromatic heterocycles. The highest BCUT2D eigenvalue weighted by molar-refractivity contribution is 9.10. The molecule has 0 amide bonds. The van der Waals surface area contributed by atoms with E-state index in [1.54, 1.807) is 6.20 Å². The molecule has 0 aliphatic heterocycles. The van der Waals surface area contributed by atoms with E-state index in [9.17, 15) is 4.55 Å². The predicted octanol–water partition coefficient (Wildman–Crippen LogP) is 3.35. The molecule has 0 saturated heterocycles. The first-order chi connectivity index (χ1) is 7.84. The molecule has 1 heterocycles. The van der Waals surface area contributed by atoms with Crippen LogP contribution >= 0.6 is 15.9 Å². The summed E-state index contributed by atoms with van der Waals surface area (Å²) < 4.78 is 15.8. The zero-order valence-corrected chi connectivity index (χ0v) is 13.1. The molecule has 96 valence electrons. The summed E-state index contributed by atoms with van der Waals surface area (Å²) in [7, 11) is 0. The van der Waals surface area contributed by atoms with Crippen molar-refractivity contribution in [1.29, 1.82) is 0 Å². The summed E-state index contributed by atoms with van der Waals surface area (Å²) in [6.07, 6.45) is 2.64. The third-order valence-electron chi connectivity index (χ3n) is 2.37. The van der Waals surface area contributed by atoms with Gasteiger partial charge in [0.1, 0.15) is 9.35 Å². The maximum absolute atomic E-state index is 12.1. The van der Waals surface area contributed by atoms with Crippen LogP contribution in [0.15, 0.2) is 22.9 Å². The molecular weight excluding hydrogens is 300 g/mol. The largest absolute Gasteiger partial charge is 0.598 e. The fourth-order valence-electron chi connectivity index (χ4n) is 1.33. The molecule has 0 aliphatic rings. The fraction of sp³-hybridized carbons (Fsp3) is 0.583. The lowest BCUT2D eigenvalue weighted by Gasteiger charge is -2.27. The summed E-state index contributed by atoms with van der Waals surface area (Å²) in [5.41, 5.74) is 1.10. The smallest absolute Gasteiger partial charge is 0.136 e. The minimum absolute atomic E-state index is 0.0920. The Morgan fingerprint density at radius 2 is 2.18 bits per heavy atom. The number of hydrogen-bond acceptors (Lipinski definition) is 3. The van der Waals surface area contributed by atoms with E-state index in [1.807, 2.05) is 32.9 Å². The zero-order valence-electron chi connectivity index (χ0n) is 10.7. The summed E-state index contributed by atoms with van der Waals surface area (Å²) in [6.45, 7) is 7.97. The van der Waals surface area contributed by atoms with E-state index < -0.39 is 11.4 Å². The van der Waals surface area contributed by atoms with Gasteiger partial charge in [-0.2, -0.15) is 0 Å². The lowest BCUT2D eigenvalue weighted by molar-refractivity contribution is 0.518. The minimum Gasteiger partial charge on any atom is -0.598 e. The molecule has 3 nitrogen and oxygen atoms in total. The molecule has 0 spiro atoms. The molecule has 1 rings (SSSR count). The standard InChI is InChI=1S/C12H19BrN2OS/c1-5-10(15-17(16)12(2,3)4)9-6-7-14-11(13)8-9/h6-8,10,15H,5H2,1-4H3/t10-,17?/m0/s1. The van der Waals surface area contributed by atoms with Gasteiger partial charge in [0.2, 0.25) is 0 Å². The normalized spacial score (nSPS) is 15.6. The maximum atomic E-state index is 12.1. The highest BCUT2D eigenvalue weighted by Crippen LogP contribution is 2.23. The molecular formula is C12H19BrN2OS. The molecule has 1 aromatic rings. The Bertz CT molecular complexity index is 368. The van der Waals surface area contributed by atoms with E-state index in [2.05, 4.69) is 32.6 Å². The summed E-state index contributed by atoms with van der Waals surface area (Å²) in [5.74, 6) is 0. The fourth-order valence-corrected chi connectivity index (χ4v) is 2.62. The van der Waals surface area contributed by atoms with Crippen LogP contribution in [0.3, 0.4) is 0 Å². The monoisotopic (exact) mass is 318 g/mol. The second-order valence-corrected chi connectivity index (χ2v) is 7.68. The van der Waals surface area contributed by atoms with E-state index in [1.165, 1.54) is 0 Å². The van der Waals surface area contributed by atoms with Crippen molar-refractivity contribution in [2.75, 3.05) is 0 Å². The highest BCUT2D eigenvalue weighted by Gasteiger charge is 2.29. The average molecular weight is 319 g/mol. The molecule has 2 atom stereocenters. The summed E-state index contributed by atoms with van der Waals surface area (Å²) in [6, 6.07) is 4.00. The Labute approximate surface area is 115 Å². The van der Waals surface area contributed by atoms with Crippen molar-refractivity contribution in [3.8, 4) is 0 Å². The van der Waals surface area contributed by atoms with Crippen molar-refractivity contribution in [3.63, 3.8) is 0 Å². The first kappa shape index (κ1) is 15.0. The van der Waals surface area contributed by atoms with E-state index in [4.69, 9.17) is 0 Å². The Hall–Kier alpha value is -0.100. The molecule has 0 fully saturated rings. The van der Waals surface area contributed by atoms with Crippen LogP contribution in [-0.2, 0) is 11.4 Å². The van der Waals surface area contributed by atoms with Crippen LogP contribution < -0.4 is 4.72 Å². The van der Waals surface area contributed by atoms with E-state index in [-0.39, 0.29) is 10.8 Å². The highest BCUT2D eigenvalue weighted by atomic mass is 79.9. The molecule has 0 aliphatic carbocycles. The minimum atomic E-state index is -1.06. The van der Waals surface area contributed by atoms with Crippen LogP contribution in [0.1, 0.15) is 45.7 Å². The topological polar surface area (TPSA) is 48.0 Å². The quantitative estimate of drug-likeness (QED) is 0.684. The predicted molar refractivity (Wildman–Crippen MR) is 76.0 cm³/mol. The van der Waals surface area contributed by atoms with Crippen molar-refractivity contribution >= 4 is 27.3 Å². The van der Waals surface area contributed by atoms with E-state index >= 15 is 0 Å². The van der Waals surface area contributed by atoms with Crippen LogP contribution in [0, 0.1) is 0 Å². The van der Waals surface area contributed by atoms with Crippen molar-refractivity contribution in [1.82, 2.24) is 9.71 Å². The first-order valence-corrected chi connectivity index (χ1v) is 7.58. The number of nitrogens with zero attached hydrogens (tertiary/aromatic N) is 1. The molecule has 0 saturated carbocycles. The summed E-state index contributed by atoms with van der Waals surface area (Å²) in [5, 5.41) is 0. The van der Waals surface area contributed by atoms with Gasteiger partial charge in [-0.15, -0.1) is 4.72 Å². The van der Waals surface area contributed by atoms with Crippen LogP contribution in [0.25, 0.3) is 0 Å². The molecule has 5 heteroatoms. The Morgan fingerprint density at radius 3 is 2.65 bits per heavy atom. The van der Waals surface area contributed by atoms with E-state index in [0.29, 0.717) is 0 Å².